The van der Waals surface area contributed by atoms with Gasteiger partial charge in [-0.2, -0.15) is 0 Å². The van der Waals surface area contributed by atoms with Crippen molar-refractivity contribution in [2.24, 2.45) is 0 Å². The Morgan fingerprint density at radius 3 is 2.12 bits per heavy atom. The van der Waals surface area contributed by atoms with E-state index in [0.717, 1.165) is 27.3 Å². The first-order chi connectivity index (χ1) is 15.2. The van der Waals surface area contributed by atoms with Gasteiger partial charge in [-0.25, -0.2) is 12.8 Å². The van der Waals surface area contributed by atoms with Gasteiger partial charge in [0.2, 0.25) is 15.9 Å². The molecule has 1 amide bonds. The molecule has 0 aromatic heterocycles. The van der Waals surface area contributed by atoms with Crippen molar-refractivity contribution in [3.8, 4) is 5.75 Å². The number of carbonyl (C=O) groups is 1. The van der Waals surface area contributed by atoms with Crippen molar-refractivity contribution in [3.63, 3.8) is 0 Å². The Morgan fingerprint density at radius 2 is 1.53 bits per heavy atom. The second kappa shape index (κ2) is 10.3. The number of sulfonamides is 1. The monoisotopic (exact) mass is 456 g/mol. The van der Waals surface area contributed by atoms with Crippen LogP contribution < -0.4 is 14.4 Å². The van der Waals surface area contributed by atoms with Crippen LogP contribution in [0, 0.1) is 12.7 Å². The van der Waals surface area contributed by atoms with Gasteiger partial charge in [0.05, 0.1) is 11.9 Å². The first kappa shape index (κ1) is 23.3. The summed E-state index contributed by atoms with van der Waals surface area (Å²) in [6.45, 7) is 2.17. The SMILES string of the molecule is Cc1ccc(N(CC(=O)NCc2ccc(OCc3ccc(F)cc3)cc2)S(C)(=O)=O)cc1. The summed E-state index contributed by atoms with van der Waals surface area (Å²) in [6, 6.07) is 20.2. The lowest BCUT2D eigenvalue weighted by Crippen LogP contribution is -2.40. The van der Waals surface area contributed by atoms with Crippen molar-refractivity contribution in [2.45, 2.75) is 20.1 Å². The summed E-state index contributed by atoms with van der Waals surface area (Å²) in [7, 11) is -3.61. The molecule has 8 heteroatoms. The fourth-order valence-electron chi connectivity index (χ4n) is 2.95. The van der Waals surface area contributed by atoms with Crippen LogP contribution in [0.5, 0.6) is 5.75 Å². The molecule has 0 aliphatic carbocycles. The van der Waals surface area contributed by atoms with E-state index in [1.54, 1.807) is 48.5 Å². The highest BCUT2D eigenvalue weighted by atomic mass is 32.2. The lowest BCUT2D eigenvalue weighted by atomic mass is 10.2. The van der Waals surface area contributed by atoms with Crippen LogP contribution in [0.15, 0.2) is 72.8 Å². The molecule has 3 rings (SSSR count). The third-order valence-electron chi connectivity index (χ3n) is 4.74. The zero-order chi connectivity index (χ0) is 23.1. The molecule has 0 heterocycles. The predicted molar refractivity (Wildman–Crippen MR) is 122 cm³/mol. The highest BCUT2D eigenvalue weighted by Crippen LogP contribution is 2.18. The highest BCUT2D eigenvalue weighted by Gasteiger charge is 2.20. The summed E-state index contributed by atoms with van der Waals surface area (Å²) in [4.78, 5) is 12.4. The molecule has 0 atom stereocenters. The maximum absolute atomic E-state index is 12.9. The number of amides is 1. The van der Waals surface area contributed by atoms with Gasteiger partial charge >= 0.3 is 0 Å². The average molecular weight is 457 g/mol. The van der Waals surface area contributed by atoms with Crippen LogP contribution in [0.2, 0.25) is 0 Å². The van der Waals surface area contributed by atoms with Gasteiger partial charge in [0, 0.05) is 6.54 Å². The minimum absolute atomic E-state index is 0.253. The maximum Gasteiger partial charge on any atom is 0.241 e. The summed E-state index contributed by atoms with van der Waals surface area (Å²) in [5.74, 6) is -0.0571. The van der Waals surface area contributed by atoms with Gasteiger partial charge in [0.25, 0.3) is 0 Å². The molecule has 0 aliphatic rings. The molecule has 0 spiro atoms. The molecule has 1 N–H and O–H groups in total. The molecule has 0 fully saturated rings. The number of anilines is 1. The molecule has 3 aromatic carbocycles. The number of nitrogens with one attached hydrogen (secondary N) is 1. The summed E-state index contributed by atoms with van der Waals surface area (Å²) < 4.78 is 44.0. The van der Waals surface area contributed by atoms with Gasteiger partial charge in [-0.05, 0) is 54.4 Å². The Kier molecular flexibility index (Phi) is 7.48. The number of hydrogen-bond donors (Lipinski definition) is 1. The van der Waals surface area contributed by atoms with Crippen molar-refractivity contribution < 1.29 is 22.3 Å². The van der Waals surface area contributed by atoms with Gasteiger partial charge < -0.3 is 10.1 Å². The molecule has 0 radical (unpaired) electrons. The van der Waals surface area contributed by atoms with Gasteiger partial charge in [0.15, 0.2) is 0 Å². The molecule has 3 aromatic rings. The summed E-state index contributed by atoms with van der Waals surface area (Å²) >= 11 is 0. The molecule has 32 heavy (non-hydrogen) atoms. The first-order valence-corrected chi connectivity index (χ1v) is 11.8. The Hall–Kier alpha value is -3.39. The van der Waals surface area contributed by atoms with Crippen LogP contribution in [-0.4, -0.2) is 27.1 Å². The third-order valence-corrected chi connectivity index (χ3v) is 5.88. The summed E-state index contributed by atoms with van der Waals surface area (Å²) in [5.41, 5.74) is 3.13. The van der Waals surface area contributed by atoms with E-state index >= 15 is 0 Å². The average Bonchev–Trinajstić information content (AvgIpc) is 2.76. The molecule has 0 unspecified atom stereocenters. The van der Waals surface area contributed by atoms with Crippen molar-refractivity contribution in [1.29, 1.82) is 0 Å². The van der Waals surface area contributed by atoms with Crippen molar-refractivity contribution in [1.82, 2.24) is 5.32 Å². The van der Waals surface area contributed by atoms with E-state index in [1.807, 2.05) is 19.1 Å². The van der Waals surface area contributed by atoms with Crippen molar-refractivity contribution in [2.75, 3.05) is 17.1 Å². The van der Waals surface area contributed by atoms with Gasteiger partial charge in [-0.15, -0.1) is 0 Å². The second-order valence-corrected chi connectivity index (χ2v) is 9.35. The Bertz CT molecular complexity index is 1150. The van der Waals surface area contributed by atoms with E-state index < -0.39 is 15.9 Å². The van der Waals surface area contributed by atoms with Crippen LogP contribution in [0.3, 0.4) is 0 Å². The smallest absolute Gasteiger partial charge is 0.241 e. The first-order valence-electron chi connectivity index (χ1n) is 9.98. The molecule has 168 valence electrons. The quantitative estimate of drug-likeness (QED) is 0.532. The van der Waals surface area contributed by atoms with E-state index in [2.05, 4.69) is 5.32 Å². The zero-order valence-corrected chi connectivity index (χ0v) is 18.7. The van der Waals surface area contributed by atoms with Crippen LogP contribution >= 0.6 is 0 Å². The van der Waals surface area contributed by atoms with Crippen LogP contribution in [-0.2, 0) is 28.0 Å². The van der Waals surface area contributed by atoms with Crippen LogP contribution in [0.1, 0.15) is 16.7 Å². The largest absolute Gasteiger partial charge is 0.489 e. The Labute approximate surface area is 187 Å². The molecule has 6 nitrogen and oxygen atoms in total. The minimum atomic E-state index is -3.61. The minimum Gasteiger partial charge on any atom is -0.489 e. The normalized spacial score (nSPS) is 11.1. The molecular formula is C24H25FN2O4S. The number of hydrogen-bond acceptors (Lipinski definition) is 4. The fourth-order valence-corrected chi connectivity index (χ4v) is 3.81. The molecule has 0 aliphatic heterocycles. The third kappa shape index (κ3) is 6.81. The molecule has 0 saturated carbocycles. The van der Waals surface area contributed by atoms with Crippen molar-refractivity contribution >= 4 is 21.6 Å². The van der Waals surface area contributed by atoms with E-state index in [0.29, 0.717) is 18.0 Å². The van der Waals surface area contributed by atoms with E-state index in [4.69, 9.17) is 4.74 Å². The molecule has 0 saturated heterocycles. The Morgan fingerprint density at radius 1 is 0.938 bits per heavy atom. The number of nitrogens with zero attached hydrogens (tertiary/aromatic N) is 1. The predicted octanol–water partition coefficient (Wildman–Crippen LogP) is 3.80. The number of carbonyl (C=O) groups excluding carboxylic acids is 1. The second-order valence-electron chi connectivity index (χ2n) is 7.44. The number of aryl methyl sites for hydroxylation is 1. The number of benzene rings is 3. The maximum atomic E-state index is 12.9. The van der Waals surface area contributed by atoms with Gasteiger partial charge in [-0.1, -0.05) is 42.0 Å². The number of ether oxygens (including phenoxy) is 1. The van der Waals surface area contributed by atoms with Crippen LogP contribution in [0.4, 0.5) is 10.1 Å². The van der Waals surface area contributed by atoms with E-state index in [9.17, 15) is 17.6 Å². The van der Waals surface area contributed by atoms with Gasteiger partial charge in [-0.3, -0.25) is 9.10 Å². The van der Waals surface area contributed by atoms with Crippen molar-refractivity contribution in [3.05, 3.63) is 95.3 Å². The standard InChI is InChI=1S/C24H25FN2O4S/c1-18-3-11-22(12-4-18)27(32(2,29)30)16-24(28)26-15-19-7-13-23(14-8-19)31-17-20-5-9-21(25)10-6-20/h3-14H,15-17H2,1-2H3,(H,26,28). The van der Waals surface area contributed by atoms with Gasteiger partial charge in [0.1, 0.15) is 24.7 Å². The number of halogens is 1. The summed E-state index contributed by atoms with van der Waals surface area (Å²) in [6.07, 6.45) is 1.07. The topological polar surface area (TPSA) is 75.7 Å². The summed E-state index contributed by atoms with van der Waals surface area (Å²) in [5, 5.41) is 2.74. The van der Waals surface area contributed by atoms with E-state index in [-0.39, 0.29) is 18.9 Å². The lowest BCUT2D eigenvalue weighted by Gasteiger charge is -2.22. The van der Waals surface area contributed by atoms with Crippen LogP contribution in [0.25, 0.3) is 0 Å². The Balaban J connectivity index is 1.53. The van der Waals surface area contributed by atoms with E-state index in [1.165, 1.54) is 12.1 Å². The number of rotatable bonds is 9. The lowest BCUT2D eigenvalue weighted by molar-refractivity contribution is -0.119. The zero-order valence-electron chi connectivity index (χ0n) is 17.9. The highest BCUT2D eigenvalue weighted by molar-refractivity contribution is 7.92. The molecular weight excluding hydrogens is 431 g/mol. The molecule has 0 bridgehead atoms. The fraction of sp³-hybridized carbons (Fsp3) is 0.208.